The number of nitrogens with zero attached hydrogens (tertiary/aromatic N) is 2. The Bertz CT molecular complexity index is 1090. The molecule has 1 aliphatic rings. The van der Waals surface area contributed by atoms with E-state index in [0.717, 1.165) is 0 Å². The first-order valence-electron chi connectivity index (χ1n) is 10.2. The molecule has 3 rings (SSSR count). The minimum atomic E-state index is -0.974. The van der Waals surface area contributed by atoms with E-state index in [1.165, 1.54) is 30.2 Å². The van der Waals surface area contributed by atoms with Gasteiger partial charge in [0.15, 0.2) is 0 Å². The number of likely N-dealkylation sites (tertiary alicyclic amines) is 1. The van der Waals surface area contributed by atoms with Crippen molar-refractivity contribution in [2.24, 2.45) is 0 Å². The number of aliphatic hydroxyl groups excluding tert-OH is 1. The van der Waals surface area contributed by atoms with Crippen LogP contribution in [0.2, 0.25) is 0 Å². The maximum atomic E-state index is 13.0. The van der Waals surface area contributed by atoms with Crippen molar-refractivity contribution in [1.29, 1.82) is 0 Å². The summed E-state index contributed by atoms with van der Waals surface area (Å²) in [5.74, 6) is -1.46. The molecule has 0 aromatic heterocycles. The van der Waals surface area contributed by atoms with Crippen molar-refractivity contribution >= 4 is 23.1 Å². The molecule has 1 N–H and O–H groups in total. The molecule has 1 amide bonds. The zero-order valence-corrected chi connectivity index (χ0v) is 18.1. The fourth-order valence-electron chi connectivity index (χ4n) is 3.66. The molecule has 172 valence electrons. The van der Waals surface area contributed by atoms with Gasteiger partial charge in [0.25, 0.3) is 17.4 Å². The molecule has 1 heterocycles. The van der Waals surface area contributed by atoms with Gasteiger partial charge in [0.2, 0.25) is 0 Å². The van der Waals surface area contributed by atoms with E-state index in [1.54, 1.807) is 36.4 Å². The fraction of sp³-hybridized carbons (Fsp3) is 0.250. The predicted molar refractivity (Wildman–Crippen MR) is 121 cm³/mol. The molecule has 1 atom stereocenters. The van der Waals surface area contributed by atoms with Crippen LogP contribution in [0.1, 0.15) is 23.6 Å². The zero-order chi connectivity index (χ0) is 24.0. The molecule has 2 aromatic rings. The van der Waals surface area contributed by atoms with Gasteiger partial charge in [-0.3, -0.25) is 19.7 Å². The number of carbonyl (C=O) groups is 2. The third-order valence-electron chi connectivity index (χ3n) is 5.18. The summed E-state index contributed by atoms with van der Waals surface area (Å²) in [5.41, 5.74) is 0.357. The molecule has 1 fully saturated rings. The lowest BCUT2D eigenvalue weighted by atomic mass is 9.95. The smallest absolute Gasteiger partial charge is 0.295 e. The summed E-state index contributed by atoms with van der Waals surface area (Å²) in [6, 6.07) is 11.1. The molecule has 0 saturated carbocycles. The average Bonchev–Trinajstić information content (AvgIpc) is 3.08. The maximum Gasteiger partial charge on any atom is 0.295 e. The van der Waals surface area contributed by atoms with Crippen LogP contribution in [-0.4, -0.2) is 53.5 Å². The molecule has 1 aliphatic heterocycles. The molecule has 0 bridgehead atoms. The first-order chi connectivity index (χ1) is 15.9. The number of hydrogen-bond donors (Lipinski definition) is 1. The van der Waals surface area contributed by atoms with Crippen LogP contribution in [0.25, 0.3) is 5.76 Å². The number of non-ortho nitro benzene ring substituents is 1. The SMILES string of the molecule is C=CCOc1ccc(/C(O)=C2\C(=O)C(=O)N(CCCOC)C2c2cccc([N+](=O)[O-])c2)cc1. The van der Waals surface area contributed by atoms with Gasteiger partial charge in [-0.25, -0.2) is 0 Å². The summed E-state index contributed by atoms with van der Waals surface area (Å²) >= 11 is 0. The second-order valence-corrected chi connectivity index (χ2v) is 7.31. The number of methoxy groups -OCH3 is 1. The van der Waals surface area contributed by atoms with Crippen LogP contribution in [-0.2, 0) is 14.3 Å². The number of benzene rings is 2. The molecule has 33 heavy (non-hydrogen) atoms. The molecule has 9 heteroatoms. The monoisotopic (exact) mass is 452 g/mol. The summed E-state index contributed by atoms with van der Waals surface area (Å²) in [5, 5.41) is 22.3. The zero-order valence-electron chi connectivity index (χ0n) is 18.1. The quantitative estimate of drug-likeness (QED) is 0.111. The Hall–Kier alpha value is -3.98. The first-order valence-corrected chi connectivity index (χ1v) is 10.2. The lowest BCUT2D eigenvalue weighted by molar-refractivity contribution is -0.384. The van der Waals surface area contributed by atoms with Gasteiger partial charge in [0, 0.05) is 38.0 Å². The number of rotatable bonds is 10. The highest BCUT2D eigenvalue weighted by molar-refractivity contribution is 6.46. The van der Waals surface area contributed by atoms with E-state index in [2.05, 4.69) is 6.58 Å². The average molecular weight is 452 g/mol. The number of hydrogen-bond acceptors (Lipinski definition) is 7. The number of nitro benzene ring substituents is 1. The van der Waals surface area contributed by atoms with E-state index in [1.807, 2.05) is 0 Å². The van der Waals surface area contributed by atoms with Crippen molar-refractivity contribution in [3.05, 3.63) is 88.0 Å². The van der Waals surface area contributed by atoms with Crippen LogP contribution in [0, 0.1) is 10.1 Å². The highest BCUT2D eigenvalue weighted by atomic mass is 16.6. The lowest BCUT2D eigenvalue weighted by Gasteiger charge is -2.25. The van der Waals surface area contributed by atoms with Crippen LogP contribution >= 0.6 is 0 Å². The second kappa shape index (κ2) is 10.6. The van der Waals surface area contributed by atoms with Gasteiger partial charge in [0.1, 0.15) is 18.1 Å². The third kappa shape index (κ3) is 5.09. The number of ether oxygens (including phenoxy) is 2. The number of carbonyl (C=O) groups excluding carboxylic acids is 2. The van der Waals surface area contributed by atoms with Crippen molar-refractivity contribution < 1.29 is 29.1 Å². The van der Waals surface area contributed by atoms with Crippen molar-refractivity contribution in [3.63, 3.8) is 0 Å². The van der Waals surface area contributed by atoms with Crippen LogP contribution in [0.5, 0.6) is 5.75 Å². The Morgan fingerprint density at radius 2 is 1.97 bits per heavy atom. The van der Waals surface area contributed by atoms with Gasteiger partial charge in [-0.2, -0.15) is 0 Å². The number of ketones is 1. The summed E-state index contributed by atoms with van der Waals surface area (Å²) < 4.78 is 10.5. The number of aliphatic hydroxyl groups is 1. The molecule has 0 radical (unpaired) electrons. The second-order valence-electron chi connectivity index (χ2n) is 7.31. The number of nitro groups is 1. The summed E-state index contributed by atoms with van der Waals surface area (Å²) in [7, 11) is 1.52. The molecule has 0 aliphatic carbocycles. The Labute approximate surface area is 190 Å². The van der Waals surface area contributed by atoms with Crippen LogP contribution in [0.4, 0.5) is 5.69 Å². The largest absolute Gasteiger partial charge is 0.507 e. The molecular weight excluding hydrogens is 428 g/mol. The maximum absolute atomic E-state index is 13.0. The van der Waals surface area contributed by atoms with Crippen LogP contribution in [0.3, 0.4) is 0 Å². The first kappa shape index (κ1) is 23.7. The van der Waals surface area contributed by atoms with Gasteiger partial charge in [-0.15, -0.1) is 0 Å². The fourth-order valence-corrected chi connectivity index (χ4v) is 3.66. The Morgan fingerprint density at radius 1 is 1.24 bits per heavy atom. The van der Waals surface area contributed by atoms with Crippen molar-refractivity contribution in [2.45, 2.75) is 12.5 Å². The van der Waals surface area contributed by atoms with Crippen molar-refractivity contribution in [1.82, 2.24) is 4.90 Å². The van der Waals surface area contributed by atoms with Gasteiger partial charge in [-0.1, -0.05) is 24.8 Å². The minimum absolute atomic E-state index is 0.127. The van der Waals surface area contributed by atoms with Gasteiger partial charge < -0.3 is 19.5 Å². The topological polar surface area (TPSA) is 119 Å². The molecular formula is C24H24N2O7. The van der Waals surface area contributed by atoms with E-state index < -0.39 is 22.7 Å². The molecule has 9 nitrogen and oxygen atoms in total. The molecule has 1 saturated heterocycles. The minimum Gasteiger partial charge on any atom is -0.507 e. The Balaban J connectivity index is 2.08. The summed E-state index contributed by atoms with van der Waals surface area (Å²) in [4.78, 5) is 37.9. The predicted octanol–water partition coefficient (Wildman–Crippen LogP) is 3.62. The van der Waals surface area contributed by atoms with Gasteiger partial charge in [0.05, 0.1) is 16.5 Å². The van der Waals surface area contributed by atoms with Crippen LogP contribution < -0.4 is 4.74 Å². The normalized spacial score (nSPS) is 17.2. The highest BCUT2D eigenvalue weighted by Crippen LogP contribution is 2.40. The molecule has 1 unspecified atom stereocenters. The van der Waals surface area contributed by atoms with Crippen LogP contribution in [0.15, 0.2) is 66.8 Å². The van der Waals surface area contributed by atoms with E-state index in [9.17, 15) is 24.8 Å². The Kier molecular flexibility index (Phi) is 7.57. The van der Waals surface area contributed by atoms with Gasteiger partial charge in [-0.05, 0) is 36.2 Å². The van der Waals surface area contributed by atoms with E-state index in [0.29, 0.717) is 36.5 Å². The highest BCUT2D eigenvalue weighted by Gasteiger charge is 2.46. The van der Waals surface area contributed by atoms with E-state index in [4.69, 9.17) is 9.47 Å². The summed E-state index contributed by atoms with van der Waals surface area (Å²) in [6.07, 6.45) is 2.04. The van der Waals surface area contributed by atoms with E-state index >= 15 is 0 Å². The van der Waals surface area contributed by atoms with Crippen molar-refractivity contribution in [3.8, 4) is 5.75 Å². The summed E-state index contributed by atoms with van der Waals surface area (Å²) in [6.45, 7) is 4.43. The Morgan fingerprint density at radius 3 is 2.61 bits per heavy atom. The molecule has 0 spiro atoms. The third-order valence-corrected chi connectivity index (χ3v) is 5.18. The standard InChI is InChI=1S/C24H24N2O7/c1-3-13-33-19-10-8-16(9-11-19)22(27)20-21(17-6-4-7-18(15-17)26(30)31)25(12-5-14-32-2)24(29)23(20)28/h3-4,6-11,15,21,27H,1,5,12-14H2,2H3/b22-20+. The number of amides is 1. The molecule has 2 aromatic carbocycles. The van der Waals surface area contributed by atoms with E-state index in [-0.39, 0.29) is 23.6 Å². The van der Waals surface area contributed by atoms with Crippen molar-refractivity contribution in [2.75, 3.05) is 26.9 Å². The lowest BCUT2D eigenvalue weighted by Crippen LogP contribution is -2.31. The number of Topliss-reactive ketones (excluding diaryl/α,β-unsaturated/α-hetero) is 1. The van der Waals surface area contributed by atoms with Gasteiger partial charge >= 0.3 is 0 Å².